The number of nitrogens with zero attached hydrogens (tertiary/aromatic N) is 3. The van der Waals surface area contributed by atoms with Gasteiger partial charge in [-0.3, -0.25) is 4.79 Å². The van der Waals surface area contributed by atoms with E-state index in [1.807, 2.05) is 12.1 Å². The quantitative estimate of drug-likeness (QED) is 0.854. The first-order valence-corrected chi connectivity index (χ1v) is 10.2. The molecule has 4 rings (SSSR count). The van der Waals surface area contributed by atoms with Crippen LogP contribution >= 0.6 is 0 Å². The predicted octanol–water partition coefficient (Wildman–Crippen LogP) is 4.38. The first-order chi connectivity index (χ1) is 13.7. The Bertz CT molecular complexity index is 871. The molecule has 0 aliphatic carbocycles. The second-order valence-corrected chi connectivity index (χ2v) is 7.53. The third-order valence-electron chi connectivity index (χ3n) is 5.59. The molecular weight excluding hydrogens is 352 g/mol. The number of benzene rings is 1. The van der Waals surface area contributed by atoms with Crippen LogP contribution in [-0.2, 0) is 0 Å². The second kappa shape index (κ2) is 8.39. The van der Waals surface area contributed by atoms with E-state index in [2.05, 4.69) is 27.2 Å². The number of carbonyl (C=O) groups excluding carboxylic acids is 1. The maximum atomic E-state index is 12.6. The molecule has 0 saturated carbocycles. The van der Waals surface area contributed by atoms with Crippen molar-refractivity contribution in [2.24, 2.45) is 0 Å². The molecule has 1 N–H and O–H groups in total. The number of rotatable bonds is 4. The molecule has 2 saturated heterocycles. The number of anilines is 3. The molecule has 2 fully saturated rings. The first-order valence-electron chi connectivity index (χ1n) is 10.2. The Hall–Kier alpha value is -2.94. The topological polar surface area (TPSA) is 72.5 Å². The SMILES string of the molecule is N#Cc1ccc(C(=O)Nc2ccc(N3CCCCC3)cc2N2CCCCC2)o1. The smallest absolute Gasteiger partial charge is 0.291 e. The molecular formula is C22H26N4O2. The van der Waals surface area contributed by atoms with Crippen molar-refractivity contribution in [3.05, 3.63) is 41.9 Å². The summed E-state index contributed by atoms with van der Waals surface area (Å²) in [6, 6.07) is 11.3. The lowest BCUT2D eigenvalue weighted by molar-refractivity contribution is 0.0996. The van der Waals surface area contributed by atoms with Crippen LogP contribution in [0.2, 0.25) is 0 Å². The van der Waals surface area contributed by atoms with Gasteiger partial charge in [0.25, 0.3) is 5.91 Å². The summed E-state index contributed by atoms with van der Waals surface area (Å²) < 4.78 is 5.28. The number of nitriles is 1. The Morgan fingerprint density at radius 2 is 1.61 bits per heavy atom. The highest BCUT2D eigenvalue weighted by Gasteiger charge is 2.20. The summed E-state index contributed by atoms with van der Waals surface area (Å²) in [6.07, 6.45) is 7.37. The summed E-state index contributed by atoms with van der Waals surface area (Å²) in [5.41, 5.74) is 3.09. The standard InChI is InChI=1S/C22H26N4O2/c23-16-18-8-10-21(28-18)22(27)24-19-9-7-17(25-11-3-1-4-12-25)15-20(19)26-13-5-2-6-14-26/h7-10,15H,1-6,11-14H2,(H,24,27). The lowest BCUT2D eigenvalue weighted by Crippen LogP contribution is -2.32. The molecule has 2 aliphatic heterocycles. The van der Waals surface area contributed by atoms with Crippen molar-refractivity contribution in [2.75, 3.05) is 41.3 Å². The fraction of sp³-hybridized carbons (Fsp3) is 0.455. The van der Waals surface area contributed by atoms with E-state index < -0.39 is 0 Å². The van der Waals surface area contributed by atoms with Crippen LogP contribution < -0.4 is 15.1 Å². The van der Waals surface area contributed by atoms with Gasteiger partial charge < -0.3 is 19.5 Å². The van der Waals surface area contributed by atoms with Crippen LogP contribution in [0.25, 0.3) is 0 Å². The maximum Gasteiger partial charge on any atom is 0.291 e. The molecule has 0 unspecified atom stereocenters. The largest absolute Gasteiger partial charge is 0.440 e. The van der Waals surface area contributed by atoms with Crippen molar-refractivity contribution in [2.45, 2.75) is 38.5 Å². The molecule has 0 radical (unpaired) electrons. The van der Waals surface area contributed by atoms with Crippen LogP contribution in [0.1, 0.15) is 54.8 Å². The molecule has 3 heterocycles. The van der Waals surface area contributed by atoms with Crippen LogP contribution in [0.4, 0.5) is 17.1 Å². The Balaban J connectivity index is 1.61. The minimum atomic E-state index is -0.328. The average molecular weight is 378 g/mol. The number of furan rings is 1. The van der Waals surface area contributed by atoms with Gasteiger partial charge in [-0.25, -0.2) is 0 Å². The highest BCUT2D eigenvalue weighted by Crippen LogP contribution is 2.34. The summed E-state index contributed by atoms with van der Waals surface area (Å²) in [6.45, 7) is 4.19. The van der Waals surface area contributed by atoms with Crippen LogP contribution in [0, 0.1) is 11.3 Å². The Morgan fingerprint density at radius 1 is 0.929 bits per heavy atom. The van der Waals surface area contributed by atoms with E-state index in [9.17, 15) is 4.79 Å². The zero-order valence-electron chi connectivity index (χ0n) is 16.1. The van der Waals surface area contributed by atoms with Crippen LogP contribution in [0.5, 0.6) is 0 Å². The van der Waals surface area contributed by atoms with Crippen molar-refractivity contribution in [1.29, 1.82) is 5.26 Å². The summed E-state index contributed by atoms with van der Waals surface area (Å²) in [5.74, 6) is -0.0337. The van der Waals surface area contributed by atoms with Gasteiger partial charge in [0, 0.05) is 31.9 Å². The van der Waals surface area contributed by atoms with Gasteiger partial charge in [-0.1, -0.05) is 0 Å². The molecule has 6 heteroatoms. The van der Waals surface area contributed by atoms with Gasteiger partial charge in [-0.05, 0) is 68.9 Å². The van der Waals surface area contributed by atoms with Gasteiger partial charge in [0.15, 0.2) is 5.76 Å². The van der Waals surface area contributed by atoms with E-state index >= 15 is 0 Å². The molecule has 0 atom stereocenters. The second-order valence-electron chi connectivity index (χ2n) is 7.53. The fourth-order valence-corrected chi connectivity index (χ4v) is 4.07. The minimum absolute atomic E-state index is 0.141. The maximum absolute atomic E-state index is 12.6. The molecule has 1 aromatic heterocycles. The molecule has 2 aliphatic rings. The van der Waals surface area contributed by atoms with Crippen molar-refractivity contribution in [1.82, 2.24) is 0 Å². The lowest BCUT2D eigenvalue weighted by Gasteiger charge is -2.33. The van der Waals surface area contributed by atoms with Crippen LogP contribution in [-0.4, -0.2) is 32.1 Å². The van der Waals surface area contributed by atoms with E-state index in [0.717, 1.165) is 37.6 Å². The molecule has 6 nitrogen and oxygen atoms in total. The Kier molecular flexibility index (Phi) is 5.52. The predicted molar refractivity (Wildman–Crippen MR) is 110 cm³/mol. The van der Waals surface area contributed by atoms with E-state index in [-0.39, 0.29) is 17.4 Å². The number of hydrogen-bond acceptors (Lipinski definition) is 5. The van der Waals surface area contributed by atoms with Crippen molar-refractivity contribution < 1.29 is 9.21 Å². The average Bonchev–Trinajstić information content (AvgIpc) is 3.25. The Morgan fingerprint density at radius 3 is 2.25 bits per heavy atom. The molecule has 28 heavy (non-hydrogen) atoms. The van der Waals surface area contributed by atoms with E-state index in [4.69, 9.17) is 9.68 Å². The lowest BCUT2D eigenvalue weighted by atomic mass is 10.1. The van der Waals surface area contributed by atoms with Crippen LogP contribution in [0.15, 0.2) is 34.7 Å². The third kappa shape index (κ3) is 3.99. The van der Waals surface area contributed by atoms with Crippen molar-refractivity contribution in [3.8, 4) is 6.07 Å². The summed E-state index contributed by atoms with van der Waals surface area (Å²) in [7, 11) is 0. The number of carbonyl (C=O) groups is 1. The van der Waals surface area contributed by atoms with Gasteiger partial charge in [-0.2, -0.15) is 5.26 Å². The highest BCUT2D eigenvalue weighted by atomic mass is 16.3. The zero-order valence-corrected chi connectivity index (χ0v) is 16.1. The van der Waals surface area contributed by atoms with Crippen molar-refractivity contribution >= 4 is 23.0 Å². The molecule has 1 amide bonds. The zero-order chi connectivity index (χ0) is 19.3. The van der Waals surface area contributed by atoms with E-state index in [1.165, 1.54) is 56.3 Å². The monoisotopic (exact) mass is 378 g/mol. The van der Waals surface area contributed by atoms with Gasteiger partial charge in [0.05, 0.1) is 11.4 Å². The number of piperidine rings is 2. The summed E-state index contributed by atoms with van der Waals surface area (Å²) in [4.78, 5) is 17.4. The summed E-state index contributed by atoms with van der Waals surface area (Å²) in [5, 5.41) is 11.9. The third-order valence-corrected chi connectivity index (χ3v) is 5.59. The number of nitrogens with one attached hydrogen (secondary N) is 1. The number of amides is 1. The fourth-order valence-electron chi connectivity index (χ4n) is 4.07. The molecule has 0 spiro atoms. The first kappa shape index (κ1) is 18.4. The van der Waals surface area contributed by atoms with Crippen LogP contribution in [0.3, 0.4) is 0 Å². The van der Waals surface area contributed by atoms with Gasteiger partial charge in [0.2, 0.25) is 5.76 Å². The minimum Gasteiger partial charge on any atom is -0.440 e. The van der Waals surface area contributed by atoms with Gasteiger partial charge in [0.1, 0.15) is 6.07 Å². The normalized spacial score (nSPS) is 17.2. The van der Waals surface area contributed by atoms with E-state index in [1.54, 1.807) is 0 Å². The van der Waals surface area contributed by atoms with Crippen molar-refractivity contribution in [3.63, 3.8) is 0 Å². The van der Waals surface area contributed by atoms with E-state index in [0.29, 0.717) is 0 Å². The number of hydrogen-bond donors (Lipinski definition) is 1. The van der Waals surface area contributed by atoms with Gasteiger partial charge >= 0.3 is 0 Å². The Labute approximate surface area is 165 Å². The summed E-state index contributed by atoms with van der Waals surface area (Å²) >= 11 is 0. The molecule has 0 bridgehead atoms. The molecule has 146 valence electrons. The van der Waals surface area contributed by atoms with Gasteiger partial charge in [-0.15, -0.1) is 0 Å². The molecule has 1 aromatic carbocycles. The molecule has 2 aromatic rings. The highest BCUT2D eigenvalue weighted by molar-refractivity contribution is 6.04.